The summed E-state index contributed by atoms with van der Waals surface area (Å²) in [5, 5.41) is 39.1. The Morgan fingerprint density at radius 1 is 0.780 bits per heavy atom. The number of hydrogen-bond donors (Lipinski definition) is 13. The summed E-state index contributed by atoms with van der Waals surface area (Å²) in [6, 6.07) is -8.19. The summed E-state index contributed by atoms with van der Waals surface area (Å²) < 4.78 is 0. The Hall–Kier alpha value is -5.35. The number of carboxylic acid groups (broad SMARTS) is 1. The van der Waals surface area contributed by atoms with Crippen molar-refractivity contribution in [1.29, 1.82) is 0 Å². The number of rotatable bonds is 26. The lowest BCUT2D eigenvalue weighted by atomic mass is 10.0. The summed E-state index contributed by atoms with van der Waals surface area (Å²) in [7, 11) is 0. The van der Waals surface area contributed by atoms with Gasteiger partial charge in [0.2, 0.25) is 35.4 Å². The highest BCUT2D eigenvalue weighted by molar-refractivity contribution is 5.97. The van der Waals surface area contributed by atoms with Crippen LogP contribution in [-0.4, -0.2) is 136 Å². The van der Waals surface area contributed by atoms with Gasteiger partial charge < -0.3 is 69.6 Å². The van der Waals surface area contributed by atoms with Crippen molar-refractivity contribution in [2.45, 2.75) is 134 Å². The monoisotopic (exact) mass is 836 g/mol. The van der Waals surface area contributed by atoms with Crippen molar-refractivity contribution in [3.05, 3.63) is 18.2 Å². The van der Waals surface area contributed by atoms with E-state index in [9.17, 15) is 43.8 Å². The zero-order chi connectivity index (χ0) is 44.2. The summed E-state index contributed by atoms with van der Waals surface area (Å²) in [6.07, 6.45) is 3.76. The van der Waals surface area contributed by atoms with Gasteiger partial charge in [0.25, 0.3) is 0 Å². The quantitative estimate of drug-likeness (QED) is 0.0246. The number of aliphatic imine (C=N–C) groups is 1. The Bertz CT molecular complexity index is 1560. The van der Waals surface area contributed by atoms with Crippen LogP contribution in [0.5, 0.6) is 0 Å². The van der Waals surface area contributed by atoms with E-state index in [1.54, 1.807) is 27.7 Å². The Morgan fingerprint density at radius 3 is 1.85 bits per heavy atom. The number of nitrogens with one attached hydrogen (secondary N) is 8. The summed E-state index contributed by atoms with van der Waals surface area (Å²) >= 11 is 0. The van der Waals surface area contributed by atoms with Gasteiger partial charge in [0, 0.05) is 24.9 Å². The first-order valence-electron chi connectivity index (χ1n) is 20.0. The van der Waals surface area contributed by atoms with Crippen molar-refractivity contribution in [3.8, 4) is 0 Å². The summed E-state index contributed by atoms with van der Waals surface area (Å²) in [4.78, 5) is 104. The van der Waals surface area contributed by atoms with Crippen molar-refractivity contribution in [1.82, 2.24) is 47.2 Å². The van der Waals surface area contributed by atoms with Gasteiger partial charge in [0.05, 0.1) is 18.5 Å². The number of unbranched alkanes of at least 4 members (excludes halogenated alkanes) is 1. The molecule has 0 aromatic carbocycles. The average molecular weight is 836 g/mol. The molecule has 332 valence electrons. The lowest BCUT2D eigenvalue weighted by Gasteiger charge is -2.29. The number of carbonyl (C=O) groups excluding carboxylic acids is 6. The van der Waals surface area contributed by atoms with Crippen LogP contribution in [0.1, 0.15) is 85.3 Å². The van der Waals surface area contributed by atoms with Crippen LogP contribution in [0.25, 0.3) is 0 Å². The molecule has 0 spiro atoms. The number of amides is 6. The number of aliphatic hydroxyl groups excluding tert-OH is 1. The van der Waals surface area contributed by atoms with E-state index in [1.165, 1.54) is 19.4 Å². The van der Waals surface area contributed by atoms with Crippen molar-refractivity contribution >= 4 is 47.4 Å². The Balaban J connectivity index is 2.30. The molecule has 22 heteroatoms. The van der Waals surface area contributed by atoms with Gasteiger partial charge in [0.1, 0.15) is 36.3 Å². The fourth-order valence-electron chi connectivity index (χ4n) is 6.28. The van der Waals surface area contributed by atoms with Gasteiger partial charge >= 0.3 is 5.97 Å². The number of hydrogen-bond acceptors (Lipinski definition) is 12. The van der Waals surface area contributed by atoms with Gasteiger partial charge in [-0.05, 0) is 76.8 Å². The lowest BCUT2D eigenvalue weighted by molar-refractivity contribution is -0.142. The molecule has 0 unspecified atom stereocenters. The highest BCUT2D eigenvalue weighted by Gasteiger charge is 2.36. The second-order valence-electron chi connectivity index (χ2n) is 15.4. The molecule has 1 fully saturated rings. The highest BCUT2D eigenvalue weighted by Crippen LogP contribution is 2.11. The van der Waals surface area contributed by atoms with Crippen LogP contribution >= 0.6 is 0 Å². The molecule has 1 aromatic rings. The number of aromatic nitrogens is 2. The van der Waals surface area contributed by atoms with E-state index in [0.717, 1.165) is 6.42 Å². The number of aliphatic hydroxyl groups is 1. The van der Waals surface area contributed by atoms with Gasteiger partial charge in [-0.2, -0.15) is 0 Å². The molecule has 22 nitrogen and oxygen atoms in total. The van der Waals surface area contributed by atoms with Gasteiger partial charge in [0.15, 0.2) is 5.96 Å². The molecule has 59 heavy (non-hydrogen) atoms. The maximum absolute atomic E-state index is 14.0. The minimum absolute atomic E-state index is 0.0210. The fraction of sp³-hybridized carbons (Fsp3) is 0.703. The molecule has 1 saturated heterocycles. The predicted molar refractivity (Wildman–Crippen MR) is 217 cm³/mol. The third kappa shape index (κ3) is 17.2. The van der Waals surface area contributed by atoms with E-state index in [2.05, 4.69) is 52.2 Å². The molecule has 1 aliphatic heterocycles. The number of aromatic amines is 1. The Labute approximate surface area is 344 Å². The molecule has 0 saturated carbocycles. The number of H-pyrrole nitrogens is 1. The first kappa shape index (κ1) is 49.8. The summed E-state index contributed by atoms with van der Waals surface area (Å²) in [6.45, 7) is 9.06. The molecule has 0 bridgehead atoms. The van der Waals surface area contributed by atoms with E-state index in [1.807, 2.05) is 0 Å². The number of nitrogens with two attached hydrogens (primary N) is 3. The van der Waals surface area contributed by atoms with Crippen LogP contribution in [0.4, 0.5) is 0 Å². The smallest absolute Gasteiger partial charge is 0.326 e. The fourth-order valence-corrected chi connectivity index (χ4v) is 6.28. The van der Waals surface area contributed by atoms with Crippen LogP contribution < -0.4 is 54.4 Å². The topological polar surface area (TPSA) is 363 Å². The van der Waals surface area contributed by atoms with Crippen molar-refractivity contribution in [3.63, 3.8) is 0 Å². The molecule has 16 N–H and O–H groups in total. The second-order valence-corrected chi connectivity index (χ2v) is 15.4. The molecular weight excluding hydrogens is 770 g/mol. The third-order valence-electron chi connectivity index (χ3n) is 9.68. The zero-order valence-corrected chi connectivity index (χ0v) is 34.6. The molecular formula is C37H65N13O9. The first-order valence-corrected chi connectivity index (χ1v) is 20.0. The lowest BCUT2D eigenvalue weighted by Crippen LogP contribution is -2.62. The average Bonchev–Trinajstić information content (AvgIpc) is 3.90. The maximum atomic E-state index is 14.0. The number of nitrogens with zero attached hydrogens (tertiary/aromatic N) is 2. The third-order valence-corrected chi connectivity index (χ3v) is 9.68. The molecule has 2 heterocycles. The first-order chi connectivity index (χ1) is 27.9. The Morgan fingerprint density at radius 2 is 1.32 bits per heavy atom. The summed E-state index contributed by atoms with van der Waals surface area (Å²) in [5.41, 5.74) is 17.1. The van der Waals surface area contributed by atoms with Gasteiger partial charge in [-0.1, -0.05) is 27.7 Å². The van der Waals surface area contributed by atoms with E-state index in [4.69, 9.17) is 17.2 Å². The minimum atomic E-state index is -1.54. The highest BCUT2D eigenvalue weighted by atomic mass is 16.4. The van der Waals surface area contributed by atoms with E-state index >= 15 is 0 Å². The van der Waals surface area contributed by atoms with E-state index in [0.29, 0.717) is 31.5 Å². The number of carboxylic acids is 1. The number of imidazole rings is 1. The largest absolute Gasteiger partial charge is 0.480 e. The summed E-state index contributed by atoms with van der Waals surface area (Å²) in [5.74, 6) is -6.75. The number of guanidine groups is 1. The van der Waals surface area contributed by atoms with E-state index < -0.39 is 89.8 Å². The van der Waals surface area contributed by atoms with Crippen LogP contribution in [-0.2, 0) is 40.0 Å². The van der Waals surface area contributed by atoms with Crippen LogP contribution in [0.15, 0.2) is 17.5 Å². The van der Waals surface area contributed by atoms with Gasteiger partial charge in [-0.3, -0.25) is 33.8 Å². The Kier molecular flexibility index (Phi) is 21.3. The zero-order valence-electron chi connectivity index (χ0n) is 34.6. The van der Waals surface area contributed by atoms with Crippen molar-refractivity contribution < 1.29 is 43.8 Å². The standard InChI is InChI=1S/C37H65N13O9/c1-19(2)27(33(55)47-26(36(58)59)16-22-17-41-18-44-22)49-32(54)25(12-9-15-43-37(39)40)45-31(53)24(10-6-7-13-38)46-35(57)29(21(5)51)50-34(56)28(20(3)4)48-30(52)23-11-8-14-42-23/h17-21,23-29,42,51H,6-16,38H2,1-5H3,(H,41,44)(H,45,53)(H,46,57)(H,47,55)(H,48,52)(H,49,54)(H,50,56)(H,58,59)(H4,39,40,43)/t21-,23+,24+,25+,26+,27+,28+,29+/m1/s1. The van der Waals surface area contributed by atoms with Crippen LogP contribution in [0.2, 0.25) is 0 Å². The number of carbonyl (C=O) groups is 7. The molecule has 1 aliphatic rings. The maximum Gasteiger partial charge on any atom is 0.326 e. The molecule has 8 atom stereocenters. The predicted octanol–water partition coefficient (Wildman–Crippen LogP) is -3.43. The van der Waals surface area contributed by atoms with E-state index in [-0.39, 0.29) is 56.6 Å². The molecule has 0 radical (unpaired) electrons. The SMILES string of the molecule is CC(C)[C@H](NC(=O)[C@H](CCCN=C(N)N)NC(=O)[C@H](CCCCN)NC(=O)[C@@H](NC(=O)[C@@H](NC(=O)[C@@H]1CCCN1)C(C)C)[C@@H](C)O)C(=O)N[C@@H](Cc1cnc[nH]1)C(=O)O. The second kappa shape index (κ2) is 25.2. The van der Waals surface area contributed by atoms with Gasteiger partial charge in [-0.15, -0.1) is 0 Å². The molecule has 1 aromatic heterocycles. The molecule has 0 aliphatic carbocycles. The normalized spacial score (nSPS) is 17.3. The van der Waals surface area contributed by atoms with Crippen LogP contribution in [0, 0.1) is 11.8 Å². The van der Waals surface area contributed by atoms with Crippen molar-refractivity contribution in [2.75, 3.05) is 19.6 Å². The molecule has 2 rings (SSSR count). The van der Waals surface area contributed by atoms with Crippen molar-refractivity contribution in [2.24, 2.45) is 34.0 Å². The van der Waals surface area contributed by atoms with Crippen LogP contribution in [0.3, 0.4) is 0 Å². The number of aliphatic carboxylic acids is 1. The molecule has 6 amide bonds. The minimum Gasteiger partial charge on any atom is -0.480 e. The van der Waals surface area contributed by atoms with Gasteiger partial charge in [-0.25, -0.2) is 9.78 Å².